The molecule has 0 unspecified atom stereocenters. The number of likely N-dealkylation sites (tertiary alicyclic amines) is 1. The van der Waals surface area contributed by atoms with E-state index in [1.807, 2.05) is 7.05 Å². The first-order valence-corrected chi connectivity index (χ1v) is 7.12. The molecule has 1 saturated heterocycles. The summed E-state index contributed by atoms with van der Waals surface area (Å²) < 4.78 is 1.44. The van der Waals surface area contributed by atoms with Crippen LogP contribution in [0.15, 0.2) is 10.9 Å². The van der Waals surface area contributed by atoms with Crippen LogP contribution in [0.25, 0.3) is 0 Å². The van der Waals surface area contributed by atoms with Gasteiger partial charge in [-0.25, -0.2) is 4.79 Å². The second-order valence-corrected chi connectivity index (χ2v) is 5.99. The van der Waals surface area contributed by atoms with E-state index in [9.17, 15) is 14.4 Å². The molecule has 0 aromatic carbocycles. The molecule has 0 saturated carbocycles. The average molecular weight is 306 g/mol. The fourth-order valence-electron chi connectivity index (χ4n) is 3.50. The minimum Gasteiger partial charge on any atom is -0.465 e. The molecule has 2 aliphatic rings. The largest absolute Gasteiger partial charge is 0.465 e. The maximum Gasteiger partial charge on any atom is 0.409 e. The number of nitrogens with zero attached hydrogens (tertiary/aromatic N) is 2. The lowest BCUT2D eigenvalue weighted by atomic mass is 9.98. The summed E-state index contributed by atoms with van der Waals surface area (Å²) in [5.74, 6) is -0.285. The van der Waals surface area contributed by atoms with Gasteiger partial charge in [-0.05, 0) is 45.0 Å². The highest BCUT2D eigenvalue weighted by Crippen LogP contribution is 2.32. The summed E-state index contributed by atoms with van der Waals surface area (Å²) in [7, 11) is 1.93. The van der Waals surface area contributed by atoms with Gasteiger partial charge in [-0.3, -0.25) is 19.5 Å². The number of nitrogens with one attached hydrogen (secondary N) is 2. The Kier molecular flexibility index (Phi) is 3.21. The van der Waals surface area contributed by atoms with E-state index in [0.29, 0.717) is 24.2 Å². The van der Waals surface area contributed by atoms with Crippen molar-refractivity contribution in [3.63, 3.8) is 0 Å². The van der Waals surface area contributed by atoms with Crippen LogP contribution in [-0.4, -0.2) is 46.7 Å². The number of pyridine rings is 1. The minimum absolute atomic E-state index is 0.0298. The van der Waals surface area contributed by atoms with E-state index >= 15 is 0 Å². The Bertz CT molecular complexity index is 726. The summed E-state index contributed by atoms with van der Waals surface area (Å²) in [6.07, 6.45) is 0.189. The fourth-order valence-corrected chi connectivity index (χ4v) is 3.50. The van der Waals surface area contributed by atoms with Crippen molar-refractivity contribution >= 4 is 17.7 Å². The maximum absolute atomic E-state index is 12.7. The molecule has 22 heavy (non-hydrogen) atoms. The Hall–Kier alpha value is -2.35. The standard InChI is InChI=1S/C14H18N4O4/c1-8-6-9(15-13(21)22)12(20)18-10(8)11(19)16-14(18)4-3-5-17(2)7-14/h6,15H,3-5,7H2,1-2H3,(H,16,19)(H,21,22)/t14-/m1/s1. The summed E-state index contributed by atoms with van der Waals surface area (Å²) in [5, 5.41) is 13.9. The lowest BCUT2D eigenvalue weighted by Gasteiger charge is -2.39. The zero-order valence-corrected chi connectivity index (χ0v) is 12.5. The molecule has 3 heterocycles. The molecule has 1 aromatic rings. The topological polar surface area (TPSA) is 104 Å². The van der Waals surface area contributed by atoms with Crippen LogP contribution in [0.4, 0.5) is 10.5 Å². The molecule has 118 valence electrons. The van der Waals surface area contributed by atoms with Gasteiger partial charge in [-0.15, -0.1) is 0 Å². The number of hydrogen-bond acceptors (Lipinski definition) is 4. The van der Waals surface area contributed by atoms with Crippen LogP contribution in [0.5, 0.6) is 0 Å². The van der Waals surface area contributed by atoms with Crippen LogP contribution in [0.3, 0.4) is 0 Å². The third kappa shape index (κ3) is 2.07. The number of rotatable bonds is 1. The van der Waals surface area contributed by atoms with Crippen LogP contribution in [0.1, 0.15) is 28.9 Å². The van der Waals surface area contributed by atoms with Crippen LogP contribution in [0, 0.1) is 6.92 Å². The van der Waals surface area contributed by atoms with Crippen molar-refractivity contribution in [3.05, 3.63) is 27.7 Å². The summed E-state index contributed by atoms with van der Waals surface area (Å²) in [6.45, 7) is 3.11. The highest BCUT2D eigenvalue weighted by molar-refractivity contribution is 5.97. The van der Waals surface area contributed by atoms with Crippen molar-refractivity contribution in [3.8, 4) is 0 Å². The summed E-state index contributed by atoms with van der Waals surface area (Å²) >= 11 is 0. The number of hydrogen-bond donors (Lipinski definition) is 3. The second kappa shape index (κ2) is 4.84. The Labute approximate surface area is 126 Å². The maximum atomic E-state index is 12.7. The molecule has 1 spiro atoms. The number of anilines is 1. The van der Waals surface area contributed by atoms with Crippen molar-refractivity contribution < 1.29 is 14.7 Å². The van der Waals surface area contributed by atoms with Gasteiger partial charge in [0.15, 0.2) is 0 Å². The molecule has 0 radical (unpaired) electrons. The normalized spacial score (nSPS) is 24.2. The molecule has 8 heteroatoms. The quantitative estimate of drug-likeness (QED) is 0.695. The Morgan fingerprint density at radius 2 is 2.18 bits per heavy atom. The van der Waals surface area contributed by atoms with E-state index in [1.165, 1.54) is 10.6 Å². The predicted molar refractivity (Wildman–Crippen MR) is 79.3 cm³/mol. The highest BCUT2D eigenvalue weighted by atomic mass is 16.4. The molecule has 8 nitrogen and oxygen atoms in total. The van der Waals surface area contributed by atoms with Crippen molar-refractivity contribution in [1.82, 2.24) is 14.8 Å². The molecular formula is C14H18N4O4. The first kappa shape index (κ1) is 14.6. The van der Waals surface area contributed by atoms with E-state index in [4.69, 9.17) is 5.11 Å². The van der Waals surface area contributed by atoms with Crippen LogP contribution in [0.2, 0.25) is 0 Å². The number of piperidine rings is 1. The molecule has 1 fully saturated rings. The second-order valence-electron chi connectivity index (χ2n) is 5.99. The summed E-state index contributed by atoms with van der Waals surface area (Å²) in [5.41, 5.74) is -0.422. The number of carboxylic acid groups (broad SMARTS) is 1. The summed E-state index contributed by atoms with van der Waals surface area (Å²) in [6, 6.07) is 1.41. The van der Waals surface area contributed by atoms with Crippen LogP contribution in [-0.2, 0) is 5.66 Å². The predicted octanol–water partition coefficient (Wildman–Crippen LogP) is 0.368. The van der Waals surface area contributed by atoms with E-state index in [-0.39, 0.29) is 11.6 Å². The molecule has 1 aromatic heterocycles. The number of aryl methyl sites for hydroxylation is 1. The van der Waals surface area contributed by atoms with Gasteiger partial charge in [0.05, 0.1) is 0 Å². The van der Waals surface area contributed by atoms with E-state index in [0.717, 1.165) is 13.0 Å². The van der Waals surface area contributed by atoms with E-state index < -0.39 is 17.3 Å². The first-order chi connectivity index (χ1) is 10.3. The van der Waals surface area contributed by atoms with Gasteiger partial charge in [0, 0.05) is 6.54 Å². The van der Waals surface area contributed by atoms with Crippen molar-refractivity contribution in [2.24, 2.45) is 0 Å². The van der Waals surface area contributed by atoms with Crippen molar-refractivity contribution in [2.75, 3.05) is 25.5 Å². The number of carbonyl (C=O) groups excluding carboxylic acids is 1. The van der Waals surface area contributed by atoms with Gasteiger partial charge in [-0.1, -0.05) is 0 Å². The third-order valence-corrected chi connectivity index (χ3v) is 4.28. The Morgan fingerprint density at radius 1 is 1.45 bits per heavy atom. The van der Waals surface area contributed by atoms with Gasteiger partial charge in [0.25, 0.3) is 11.5 Å². The van der Waals surface area contributed by atoms with Gasteiger partial charge in [0.2, 0.25) is 0 Å². The molecule has 3 rings (SSSR count). The molecule has 3 N–H and O–H groups in total. The van der Waals surface area contributed by atoms with Crippen molar-refractivity contribution in [1.29, 1.82) is 0 Å². The number of aromatic nitrogens is 1. The monoisotopic (exact) mass is 306 g/mol. The molecule has 0 bridgehead atoms. The molecular weight excluding hydrogens is 288 g/mol. The zero-order valence-electron chi connectivity index (χ0n) is 12.5. The number of likely N-dealkylation sites (N-methyl/N-ethyl adjacent to an activating group) is 1. The summed E-state index contributed by atoms with van der Waals surface area (Å²) in [4.78, 5) is 37.9. The Balaban J connectivity index is 2.21. The number of carbonyl (C=O) groups is 2. The lowest BCUT2D eigenvalue weighted by molar-refractivity contribution is 0.0755. The molecule has 0 aliphatic carbocycles. The molecule has 1 atom stereocenters. The highest BCUT2D eigenvalue weighted by Gasteiger charge is 2.46. The molecule has 2 amide bonds. The van der Waals surface area contributed by atoms with Crippen LogP contribution < -0.4 is 16.2 Å². The van der Waals surface area contributed by atoms with Gasteiger partial charge < -0.3 is 15.3 Å². The minimum atomic E-state index is -1.30. The van der Waals surface area contributed by atoms with E-state index in [2.05, 4.69) is 15.5 Å². The SMILES string of the molecule is Cc1cc(NC(=O)O)c(=O)n2c1C(=O)N[C@]21CCCN(C)C1. The third-order valence-electron chi connectivity index (χ3n) is 4.28. The first-order valence-electron chi connectivity index (χ1n) is 7.12. The van der Waals surface area contributed by atoms with Crippen molar-refractivity contribution in [2.45, 2.75) is 25.4 Å². The molecule has 2 aliphatic heterocycles. The Morgan fingerprint density at radius 3 is 2.82 bits per heavy atom. The fraction of sp³-hybridized carbons (Fsp3) is 0.500. The number of fused-ring (bicyclic) bond motifs is 2. The van der Waals surface area contributed by atoms with Gasteiger partial charge in [-0.2, -0.15) is 0 Å². The number of amides is 2. The van der Waals surface area contributed by atoms with Gasteiger partial charge >= 0.3 is 6.09 Å². The lowest BCUT2D eigenvalue weighted by Crippen LogP contribution is -2.57. The van der Waals surface area contributed by atoms with Crippen LogP contribution >= 0.6 is 0 Å². The average Bonchev–Trinajstić information content (AvgIpc) is 2.67. The zero-order chi connectivity index (χ0) is 16.1. The van der Waals surface area contributed by atoms with Gasteiger partial charge in [0.1, 0.15) is 17.0 Å². The smallest absolute Gasteiger partial charge is 0.409 e. The van der Waals surface area contributed by atoms with E-state index in [1.54, 1.807) is 6.92 Å².